The first-order chi connectivity index (χ1) is 13.1. The summed E-state index contributed by atoms with van der Waals surface area (Å²) >= 11 is 0. The molecule has 0 bridgehead atoms. The van der Waals surface area contributed by atoms with Gasteiger partial charge in [0.05, 0.1) is 12.3 Å². The van der Waals surface area contributed by atoms with E-state index in [4.69, 9.17) is 10.6 Å². The molecular formula is C21H23N3O3. The molecule has 0 aromatic heterocycles. The van der Waals surface area contributed by atoms with Crippen molar-refractivity contribution in [3.63, 3.8) is 0 Å². The molecule has 1 atom stereocenters. The van der Waals surface area contributed by atoms with Crippen LogP contribution < -0.4 is 5.73 Å². The van der Waals surface area contributed by atoms with Crippen LogP contribution >= 0.6 is 0 Å². The van der Waals surface area contributed by atoms with Crippen molar-refractivity contribution < 1.29 is 14.4 Å². The van der Waals surface area contributed by atoms with Crippen LogP contribution in [0.4, 0.5) is 0 Å². The quantitative estimate of drug-likeness (QED) is 0.799. The largest absolute Gasteiger partial charge is 0.399 e. The molecular weight excluding hydrogens is 342 g/mol. The minimum absolute atomic E-state index is 0.0783. The number of hydrogen-bond acceptors (Lipinski definition) is 4. The van der Waals surface area contributed by atoms with Gasteiger partial charge in [0.1, 0.15) is 7.11 Å². The summed E-state index contributed by atoms with van der Waals surface area (Å²) < 4.78 is 0. The Morgan fingerprint density at radius 3 is 2.41 bits per heavy atom. The maximum absolute atomic E-state index is 13.0. The predicted molar refractivity (Wildman–Crippen MR) is 104 cm³/mol. The Balaban J connectivity index is 1.77. The van der Waals surface area contributed by atoms with Crippen molar-refractivity contribution in [2.45, 2.75) is 25.3 Å². The van der Waals surface area contributed by atoms with Crippen molar-refractivity contribution in [2.24, 2.45) is 10.9 Å². The van der Waals surface area contributed by atoms with Gasteiger partial charge >= 0.3 is 0 Å². The normalized spacial score (nSPS) is 17.9. The number of benzene rings is 2. The Kier molecular flexibility index (Phi) is 5.86. The molecule has 1 aliphatic heterocycles. The zero-order valence-electron chi connectivity index (χ0n) is 15.3. The number of rotatable bonds is 6. The highest BCUT2D eigenvalue weighted by molar-refractivity contribution is 6.00. The number of carbonyl (C=O) groups is 2. The Labute approximate surface area is 158 Å². The third-order valence-corrected chi connectivity index (χ3v) is 4.71. The molecule has 0 spiro atoms. The molecule has 0 saturated carbocycles. The van der Waals surface area contributed by atoms with E-state index in [0.717, 1.165) is 16.8 Å². The van der Waals surface area contributed by atoms with Gasteiger partial charge in [-0.25, -0.2) is 0 Å². The van der Waals surface area contributed by atoms with E-state index < -0.39 is 0 Å². The van der Waals surface area contributed by atoms with Gasteiger partial charge in [-0.2, -0.15) is 0 Å². The maximum atomic E-state index is 13.0. The first-order valence-electron chi connectivity index (χ1n) is 8.92. The second kappa shape index (κ2) is 8.49. The number of oxime groups is 1. The minimum atomic E-state index is -0.369. The second-order valence-electron chi connectivity index (χ2n) is 6.58. The summed E-state index contributed by atoms with van der Waals surface area (Å²) in [4.78, 5) is 30.8. The monoisotopic (exact) mass is 365 g/mol. The van der Waals surface area contributed by atoms with Gasteiger partial charge in [-0.15, -0.1) is 0 Å². The van der Waals surface area contributed by atoms with Crippen LogP contribution in [0.3, 0.4) is 0 Å². The van der Waals surface area contributed by atoms with Crippen molar-refractivity contribution in [1.82, 2.24) is 4.90 Å². The minimum Gasteiger partial charge on any atom is -0.399 e. The van der Waals surface area contributed by atoms with E-state index in [-0.39, 0.29) is 24.3 Å². The molecule has 0 unspecified atom stereocenters. The van der Waals surface area contributed by atoms with Gasteiger partial charge < -0.3 is 15.5 Å². The summed E-state index contributed by atoms with van der Waals surface area (Å²) in [5.41, 5.74) is 8.83. The lowest BCUT2D eigenvalue weighted by Gasteiger charge is -2.24. The fourth-order valence-corrected chi connectivity index (χ4v) is 3.37. The lowest BCUT2D eigenvalue weighted by atomic mass is 10.0. The van der Waals surface area contributed by atoms with Crippen molar-refractivity contribution in [1.29, 1.82) is 0 Å². The highest BCUT2D eigenvalue weighted by Crippen LogP contribution is 2.24. The molecule has 140 valence electrons. The van der Waals surface area contributed by atoms with Crippen molar-refractivity contribution >= 4 is 17.5 Å². The Morgan fingerprint density at radius 2 is 1.78 bits per heavy atom. The van der Waals surface area contributed by atoms with Crippen molar-refractivity contribution in [3.05, 3.63) is 60.2 Å². The van der Waals surface area contributed by atoms with E-state index in [2.05, 4.69) is 5.16 Å². The zero-order chi connectivity index (χ0) is 19.2. The standard InChI is InChI=1S/C21H23N3O3/c1-27-23-18-13-19(11-12-20(22)25)24(14-18)21(26)17-9-7-16(8-10-17)15-5-3-2-4-6-15/h2-10,19H,11-14H2,1H3,(H2,22,25)/b23-18-/t19-/m1/s1. The van der Waals surface area contributed by atoms with Crippen LogP contribution in [0.5, 0.6) is 0 Å². The van der Waals surface area contributed by atoms with Crippen molar-refractivity contribution in [3.8, 4) is 11.1 Å². The molecule has 2 aromatic carbocycles. The lowest BCUT2D eigenvalue weighted by Crippen LogP contribution is -2.36. The Bertz CT molecular complexity index is 832. The molecule has 2 amide bonds. The van der Waals surface area contributed by atoms with E-state index in [9.17, 15) is 9.59 Å². The van der Waals surface area contributed by atoms with Gasteiger partial charge in [-0.05, 0) is 29.7 Å². The van der Waals surface area contributed by atoms with Crippen LogP contribution in [0.1, 0.15) is 29.6 Å². The summed E-state index contributed by atoms with van der Waals surface area (Å²) in [6.07, 6.45) is 1.35. The smallest absolute Gasteiger partial charge is 0.254 e. The van der Waals surface area contributed by atoms with Crippen LogP contribution in [-0.2, 0) is 9.63 Å². The molecule has 0 radical (unpaired) electrons. The van der Waals surface area contributed by atoms with Gasteiger partial charge in [0.25, 0.3) is 5.91 Å². The van der Waals surface area contributed by atoms with E-state index in [1.807, 2.05) is 54.6 Å². The van der Waals surface area contributed by atoms with Gasteiger partial charge in [-0.1, -0.05) is 47.6 Å². The Morgan fingerprint density at radius 1 is 1.11 bits per heavy atom. The summed E-state index contributed by atoms with van der Waals surface area (Å²) in [5.74, 6) is -0.447. The zero-order valence-corrected chi connectivity index (χ0v) is 15.3. The fourth-order valence-electron chi connectivity index (χ4n) is 3.37. The molecule has 3 rings (SSSR count). The maximum Gasteiger partial charge on any atom is 0.254 e. The van der Waals surface area contributed by atoms with E-state index in [0.29, 0.717) is 24.9 Å². The predicted octanol–water partition coefficient (Wildman–Crippen LogP) is 2.84. The number of carbonyl (C=O) groups excluding carboxylic acids is 2. The molecule has 2 aromatic rings. The number of primary amides is 1. The number of amides is 2. The number of hydrogen-bond donors (Lipinski definition) is 1. The Hall–Kier alpha value is -3.15. The first-order valence-corrected chi connectivity index (χ1v) is 8.92. The number of nitrogens with two attached hydrogens (primary N) is 1. The van der Waals surface area contributed by atoms with E-state index >= 15 is 0 Å². The molecule has 1 fully saturated rings. The van der Waals surface area contributed by atoms with Crippen LogP contribution in [0.25, 0.3) is 11.1 Å². The van der Waals surface area contributed by atoms with E-state index in [1.54, 1.807) is 4.90 Å². The summed E-state index contributed by atoms with van der Waals surface area (Å²) in [5, 5.41) is 3.99. The van der Waals surface area contributed by atoms with Gasteiger partial charge in [0.2, 0.25) is 5.91 Å². The van der Waals surface area contributed by atoms with Crippen LogP contribution in [0, 0.1) is 0 Å². The van der Waals surface area contributed by atoms with Crippen molar-refractivity contribution in [2.75, 3.05) is 13.7 Å². The fraction of sp³-hybridized carbons (Fsp3) is 0.286. The van der Waals surface area contributed by atoms with Crippen LogP contribution in [0.15, 0.2) is 59.8 Å². The van der Waals surface area contributed by atoms with Gasteiger partial charge in [0, 0.05) is 24.4 Å². The van der Waals surface area contributed by atoms with E-state index in [1.165, 1.54) is 7.11 Å². The number of nitrogens with zero attached hydrogens (tertiary/aromatic N) is 2. The molecule has 27 heavy (non-hydrogen) atoms. The number of likely N-dealkylation sites (tertiary alicyclic amines) is 1. The first kappa shape index (κ1) is 18.6. The third-order valence-electron chi connectivity index (χ3n) is 4.71. The molecule has 1 saturated heterocycles. The third kappa shape index (κ3) is 4.53. The summed E-state index contributed by atoms with van der Waals surface area (Å²) in [6, 6.07) is 17.5. The second-order valence-corrected chi connectivity index (χ2v) is 6.58. The van der Waals surface area contributed by atoms with Crippen LogP contribution in [0.2, 0.25) is 0 Å². The molecule has 1 aliphatic rings. The summed E-state index contributed by atoms with van der Waals surface area (Å²) in [6.45, 7) is 0.399. The molecule has 1 heterocycles. The molecule has 6 nitrogen and oxygen atoms in total. The topological polar surface area (TPSA) is 85.0 Å². The van der Waals surface area contributed by atoms with Gasteiger partial charge in [0.15, 0.2) is 0 Å². The molecule has 6 heteroatoms. The lowest BCUT2D eigenvalue weighted by molar-refractivity contribution is -0.118. The van der Waals surface area contributed by atoms with Gasteiger partial charge in [-0.3, -0.25) is 9.59 Å². The summed E-state index contributed by atoms with van der Waals surface area (Å²) in [7, 11) is 1.48. The molecule has 2 N–H and O–H groups in total. The highest BCUT2D eigenvalue weighted by atomic mass is 16.6. The SMILES string of the molecule is CO/N=C1/C[C@@H](CCC(N)=O)N(C(=O)c2ccc(-c3ccccc3)cc2)C1. The average molecular weight is 365 g/mol. The highest BCUT2D eigenvalue weighted by Gasteiger charge is 2.33. The van der Waals surface area contributed by atoms with Crippen LogP contribution in [-0.4, -0.2) is 42.1 Å². The average Bonchev–Trinajstić information content (AvgIpc) is 3.10. The molecule has 0 aliphatic carbocycles.